The molecule has 1 unspecified atom stereocenters. The molecule has 0 aliphatic rings. The molecular formula is C12H18N2O3. The molecule has 0 spiro atoms. The summed E-state index contributed by atoms with van der Waals surface area (Å²) in [7, 11) is 0. The molecule has 2 N–H and O–H groups in total. The zero-order valence-electron chi connectivity index (χ0n) is 10.3. The second-order valence-electron chi connectivity index (χ2n) is 4.22. The lowest BCUT2D eigenvalue weighted by Crippen LogP contribution is -2.48. The molecule has 0 saturated heterocycles. The van der Waals surface area contributed by atoms with Gasteiger partial charge >= 0.3 is 0 Å². The normalized spacial score (nSPS) is 12.2. The predicted molar refractivity (Wildman–Crippen MR) is 63.0 cm³/mol. The third-order valence-corrected chi connectivity index (χ3v) is 2.32. The summed E-state index contributed by atoms with van der Waals surface area (Å²) in [5.74, 6) is 0.308. The Morgan fingerprint density at radius 1 is 1.41 bits per heavy atom. The molecule has 0 aliphatic heterocycles. The standard InChI is InChI=1S/C12H18N2O3/c1-8(2)11(14-9(3)15)12(16)13-7-10-5-4-6-17-10/h4-6,8,11H,7H2,1-3H3,(H,13,16)(H,14,15). The molecule has 0 bridgehead atoms. The molecule has 0 radical (unpaired) electrons. The monoisotopic (exact) mass is 238 g/mol. The minimum absolute atomic E-state index is 0.0375. The molecule has 1 aromatic rings. The van der Waals surface area contributed by atoms with Gasteiger partial charge in [-0.3, -0.25) is 9.59 Å². The molecule has 0 saturated carbocycles. The fraction of sp³-hybridized carbons (Fsp3) is 0.500. The van der Waals surface area contributed by atoms with Gasteiger partial charge in [-0.15, -0.1) is 0 Å². The van der Waals surface area contributed by atoms with Crippen LogP contribution in [0.4, 0.5) is 0 Å². The van der Waals surface area contributed by atoms with Crippen LogP contribution in [0.25, 0.3) is 0 Å². The number of hydrogen-bond acceptors (Lipinski definition) is 3. The Kier molecular flexibility index (Phi) is 4.75. The summed E-state index contributed by atoms with van der Waals surface area (Å²) in [5, 5.41) is 5.35. The third kappa shape index (κ3) is 4.30. The molecular weight excluding hydrogens is 220 g/mol. The van der Waals surface area contributed by atoms with Crippen LogP contribution in [0.3, 0.4) is 0 Å². The second-order valence-corrected chi connectivity index (χ2v) is 4.22. The van der Waals surface area contributed by atoms with Crippen LogP contribution in [0.1, 0.15) is 26.5 Å². The van der Waals surface area contributed by atoms with Gasteiger partial charge in [0.1, 0.15) is 11.8 Å². The second kappa shape index (κ2) is 6.08. The highest BCUT2D eigenvalue weighted by Crippen LogP contribution is 2.03. The molecule has 2 amide bonds. The molecule has 1 atom stereocenters. The molecule has 0 fully saturated rings. The zero-order chi connectivity index (χ0) is 12.8. The summed E-state index contributed by atoms with van der Waals surface area (Å²) >= 11 is 0. The summed E-state index contributed by atoms with van der Waals surface area (Å²) in [4.78, 5) is 22.8. The Hall–Kier alpha value is -1.78. The van der Waals surface area contributed by atoms with Crippen molar-refractivity contribution in [1.29, 1.82) is 0 Å². The van der Waals surface area contributed by atoms with E-state index in [2.05, 4.69) is 10.6 Å². The lowest BCUT2D eigenvalue weighted by molar-refractivity contribution is -0.129. The lowest BCUT2D eigenvalue weighted by Gasteiger charge is -2.20. The van der Waals surface area contributed by atoms with Crippen molar-refractivity contribution in [3.05, 3.63) is 24.2 Å². The minimum atomic E-state index is -0.512. The van der Waals surface area contributed by atoms with E-state index in [0.717, 1.165) is 0 Å². The lowest BCUT2D eigenvalue weighted by atomic mass is 10.0. The zero-order valence-corrected chi connectivity index (χ0v) is 10.3. The van der Waals surface area contributed by atoms with E-state index < -0.39 is 6.04 Å². The van der Waals surface area contributed by atoms with Crippen LogP contribution in [0.15, 0.2) is 22.8 Å². The van der Waals surface area contributed by atoms with Gasteiger partial charge in [-0.2, -0.15) is 0 Å². The largest absolute Gasteiger partial charge is 0.467 e. The van der Waals surface area contributed by atoms with Gasteiger partial charge in [0, 0.05) is 6.92 Å². The SMILES string of the molecule is CC(=O)NC(C(=O)NCc1ccco1)C(C)C. The van der Waals surface area contributed by atoms with E-state index in [-0.39, 0.29) is 17.7 Å². The Morgan fingerprint density at radius 2 is 2.12 bits per heavy atom. The topological polar surface area (TPSA) is 71.3 Å². The van der Waals surface area contributed by atoms with E-state index in [9.17, 15) is 9.59 Å². The van der Waals surface area contributed by atoms with Gasteiger partial charge in [-0.1, -0.05) is 13.8 Å². The van der Waals surface area contributed by atoms with E-state index in [0.29, 0.717) is 12.3 Å². The maximum absolute atomic E-state index is 11.8. The number of amides is 2. The highest BCUT2D eigenvalue weighted by Gasteiger charge is 2.22. The van der Waals surface area contributed by atoms with Crippen molar-refractivity contribution in [3.63, 3.8) is 0 Å². The van der Waals surface area contributed by atoms with Crippen molar-refractivity contribution in [3.8, 4) is 0 Å². The Morgan fingerprint density at radius 3 is 2.59 bits per heavy atom. The van der Waals surface area contributed by atoms with Crippen LogP contribution < -0.4 is 10.6 Å². The molecule has 1 heterocycles. The molecule has 17 heavy (non-hydrogen) atoms. The van der Waals surface area contributed by atoms with Crippen LogP contribution in [0.2, 0.25) is 0 Å². The van der Waals surface area contributed by atoms with Crippen molar-refractivity contribution >= 4 is 11.8 Å². The van der Waals surface area contributed by atoms with Gasteiger partial charge in [0.15, 0.2) is 0 Å². The molecule has 5 nitrogen and oxygen atoms in total. The van der Waals surface area contributed by atoms with Crippen LogP contribution in [-0.4, -0.2) is 17.9 Å². The fourth-order valence-electron chi connectivity index (χ4n) is 1.45. The Bertz CT molecular complexity index is 371. The van der Waals surface area contributed by atoms with Crippen molar-refractivity contribution < 1.29 is 14.0 Å². The van der Waals surface area contributed by atoms with Gasteiger partial charge < -0.3 is 15.1 Å². The number of rotatable bonds is 5. The minimum Gasteiger partial charge on any atom is -0.467 e. The molecule has 1 aromatic heterocycles. The molecule has 1 rings (SSSR count). The van der Waals surface area contributed by atoms with E-state index in [1.807, 2.05) is 13.8 Å². The van der Waals surface area contributed by atoms with E-state index in [1.54, 1.807) is 18.4 Å². The first kappa shape index (κ1) is 13.3. The van der Waals surface area contributed by atoms with Crippen molar-refractivity contribution in [2.45, 2.75) is 33.4 Å². The first-order valence-corrected chi connectivity index (χ1v) is 5.58. The van der Waals surface area contributed by atoms with Crippen LogP contribution in [0.5, 0.6) is 0 Å². The van der Waals surface area contributed by atoms with E-state index in [1.165, 1.54) is 6.92 Å². The first-order chi connectivity index (χ1) is 8.00. The molecule has 0 aromatic carbocycles. The van der Waals surface area contributed by atoms with Crippen molar-refractivity contribution in [2.24, 2.45) is 5.92 Å². The van der Waals surface area contributed by atoms with Crippen molar-refractivity contribution in [1.82, 2.24) is 10.6 Å². The Labute approximate surface area is 101 Å². The summed E-state index contributed by atoms with van der Waals surface area (Å²) in [5.41, 5.74) is 0. The van der Waals surface area contributed by atoms with E-state index >= 15 is 0 Å². The van der Waals surface area contributed by atoms with Gasteiger partial charge in [0.25, 0.3) is 0 Å². The maximum Gasteiger partial charge on any atom is 0.243 e. The number of hydrogen-bond donors (Lipinski definition) is 2. The molecule has 5 heteroatoms. The highest BCUT2D eigenvalue weighted by molar-refractivity contribution is 5.86. The quantitative estimate of drug-likeness (QED) is 0.805. The summed E-state index contributed by atoms with van der Waals surface area (Å²) in [6, 6.07) is 3.03. The van der Waals surface area contributed by atoms with Crippen LogP contribution in [-0.2, 0) is 16.1 Å². The third-order valence-electron chi connectivity index (χ3n) is 2.32. The van der Waals surface area contributed by atoms with E-state index in [4.69, 9.17) is 4.42 Å². The Balaban J connectivity index is 2.50. The summed E-state index contributed by atoms with van der Waals surface area (Å²) in [6.45, 7) is 5.49. The van der Waals surface area contributed by atoms with Crippen LogP contribution in [0, 0.1) is 5.92 Å². The van der Waals surface area contributed by atoms with Gasteiger partial charge in [0.05, 0.1) is 12.8 Å². The fourth-order valence-corrected chi connectivity index (χ4v) is 1.45. The molecule has 94 valence electrons. The summed E-state index contributed by atoms with van der Waals surface area (Å²) < 4.78 is 5.10. The maximum atomic E-state index is 11.8. The first-order valence-electron chi connectivity index (χ1n) is 5.58. The average molecular weight is 238 g/mol. The van der Waals surface area contributed by atoms with Crippen molar-refractivity contribution in [2.75, 3.05) is 0 Å². The number of carbonyl (C=O) groups excluding carboxylic acids is 2. The van der Waals surface area contributed by atoms with Gasteiger partial charge in [-0.25, -0.2) is 0 Å². The molecule has 0 aliphatic carbocycles. The van der Waals surface area contributed by atoms with Gasteiger partial charge in [0.2, 0.25) is 11.8 Å². The smallest absolute Gasteiger partial charge is 0.243 e. The predicted octanol–water partition coefficient (Wildman–Crippen LogP) is 1.06. The average Bonchev–Trinajstić information content (AvgIpc) is 2.74. The summed E-state index contributed by atoms with van der Waals surface area (Å²) in [6.07, 6.45) is 1.55. The number of nitrogens with one attached hydrogen (secondary N) is 2. The van der Waals surface area contributed by atoms with Gasteiger partial charge in [-0.05, 0) is 18.1 Å². The number of furan rings is 1. The van der Waals surface area contributed by atoms with Crippen LogP contribution >= 0.6 is 0 Å². The highest BCUT2D eigenvalue weighted by atomic mass is 16.3. The number of carbonyl (C=O) groups is 2.